The number of aryl methyl sites for hydroxylation is 1. The van der Waals surface area contributed by atoms with Crippen molar-refractivity contribution < 1.29 is 42.7 Å². The third-order valence-electron chi connectivity index (χ3n) is 7.33. The van der Waals surface area contributed by atoms with Crippen LogP contribution in [-0.2, 0) is 20.7 Å². The fourth-order valence-corrected chi connectivity index (χ4v) is 4.65. The summed E-state index contributed by atoms with van der Waals surface area (Å²) < 4.78 is 39.1. The zero-order valence-corrected chi connectivity index (χ0v) is 28.5. The zero-order valence-electron chi connectivity index (χ0n) is 28.5. The molecule has 0 fully saturated rings. The molecule has 0 heterocycles. The quantitative estimate of drug-likeness (QED) is 0.0228. The Kier molecular flexibility index (Phi) is 14.1. The monoisotopic (exact) mass is 668 g/mol. The number of allylic oxidation sites excluding steroid dienone is 1. The molecular weight excluding hydrogens is 624 g/mol. The van der Waals surface area contributed by atoms with Crippen molar-refractivity contribution in [2.24, 2.45) is 0 Å². The maximum absolute atomic E-state index is 13.0. The van der Waals surface area contributed by atoms with Gasteiger partial charge in [-0.05, 0) is 123 Å². The molecule has 0 aliphatic carbocycles. The van der Waals surface area contributed by atoms with Gasteiger partial charge in [0.25, 0.3) is 0 Å². The molecule has 0 aliphatic rings. The van der Waals surface area contributed by atoms with Gasteiger partial charge >= 0.3 is 11.9 Å². The average Bonchev–Trinajstić information content (AvgIpc) is 3.09. The molecule has 0 aromatic heterocycles. The number of carbonyl (C=O) groups is 2. The molecule has 0 spiro atoms. The Morgan fingerprint density at radius 1 is 0.633 bits per heavy atom. The first-order chi connectivity index (χ1) is 23.7. The Balaban J connectivity index is 1.19. The van der Waals surface area contributed by atoms with Gasteiger partial charge in [0.05, 0.1) is 24.5 Å². The number of esters is 2. The Hall–Kier alpha value is -5.28. The predicted octanol–water partition coefficient (Wildman–Crippen LogP) is 8.98. The number of fused-ring (bicyclic) bond motifs is 1. The number of unbranched alkanes of at least 4 members (excludes halogenated alkanes) is 3. The van der Waals surface area contributed by atoms with Crippen LogP contribution in [0.5, 0.6) is 28.7 Å². The van der Waals surface area contributed by atoms with Gasteiger partial charge in [-0.1, -0.05) is 38.6 Å². The second-order valence-electron chi connectivity index (χ2n) is 11.4. The highest BCUT2D eigenvalue weighted by Crippen LogP contribution is 2.27. The molecule has 0 saturated carbocycles. The van der Waals surface area contributed by atoms with Gasteiger partial charge in [-0.15, -0.1) is 0 Å². The molecule has 0 bridgehead atoms. The van der Waals surface area contributed by atoms with E-state index in [1.807, 2.05) is 31.2 Å². The van der Waals surface area contributed by atoms with Crippen LogP contribution in [0.4, 0.5) is 0 Å². The van der Waals surface area contributed by atoms with Crippen molar-refractivity contribution >= 4 is 22.7 Å². The summed E-state index contributed by atoms with van der Waals surface area (Å²) in [4.78, 5) is 24.8. The SMILES string of the molecule is C=C(C)OCOCCCCCCOc1ccc(OCOc2ccc(OC(=O)c3ccc4cc(OC(=O)C(=C)C)ccc4c3)cc2CC)cc1. The van der Waals surface area contributed by atoms with Crippen molar-refractivity contribution in [3.63, 3.8) is 0 Å². The minimum Gasteiger partial charge on any atom is -0.494 e. The van der Waals surface area contributed by atoms with Crippen LogP contribution in [0.2, 0.25) is 0 Å². The zero-order chi connectivity index (χ0) is 35.0. The Labute approximate surface area is 288 Å². The lowest BCUT2D eigenvalue weighted by molar-refractivity contribution is -0.130. The van der Waals surface area contributed by atoms with E-state index in [4.69, 9.17) is 33.2 Å². The molecule has 49 heavy (non-hydrogen) atoms. The average molecular weight is 669 g/mol. The summed E-state index contributed by atoms with van der Waals surface area (Å²) >= 11 is 0. The molecular formula is C40H44O9. The fourth-order valence-electron chi connectivity index (χ4n) is 4.65. The van der Waals surface area contributed by atoms with Crippen LogP contribution in [0.15, 0.2) is 103 Å². The molecule has 4 aromatic carbocycles. The lowest BCUT2D eigenvalue weighted by Gasteiger charge is -2.14. The summed E-state index contributed by atoms with van der Waals surface area (Å²) in [5.74, 6) is 2.57. The molecule has 9 heteroatoms. The minimum absolute atomic E-state index is 0.0145. The first-order valence-electron chi connectivity index (χ1n) is 16.3. The normalized spacial score (nSPS) is 10.7. The molecule has 0 amide bonds. The predicted molar refractivity (Wildman–Crippen MR) is 188 cm³/mol. The topological polar surface area (TPSA) is 98.8 Å². The smallest absolute Gasteiger partial charge is 0.343 e. The highest BCUT2D eigenvalue weighted by molar-refractivity contribution is 5.97. The summed E-state index contributed by atoms with van der Waals surface area (Å²) in [7, 11) is 0. The number of benzene rings is 4. The van der Waals surface area contributed by atoms with E-state index in [2.05, 4.69) is 13.2 Å². The van der Waals surface area contributed by atoms with Crippen molar-refractivity contribution in [2.75, 3.05) is 26.8 Å². The summed E-state index contributed by atoms with van der Waals surface area (Å²) in [6.07, 6.45) is 4.76. The number of rotatable bonds is 20. The van der Waals surface area contributed by atoms with Gasteiger partial charge in [0.1, 0.15) is 28.7 Å². The highest BCUT2D eigenvalue weighted by Gasteiger charge is 2.13. The number of hydrogen-bond donors (Lipinski definition) is 0. The molecule has 0 atom stereocenters. The van der Waals surface area contributed by atoms with E-state index >= 15 is 0 Å². The summed E-state index contributed by atoms with van der Waals surface area (Å²) in [5.41, 5.74) is 1.58. The second-order valence-corrected chi connectivity index (χ2v) is 11.4. The molecule has 0 saturated heterocycles. The lowest BCUT2D eigenvalue weighted by atomic mass is 10.1. The van der Waals surface area contributed by atoms with Crippen LogP contribution in [0.1, 0.15) is 62.4 Å². The van der Waals surface area contributed by atoms with Gasteiger partial charge in [0, 0.05) is 5.57 Å². The standard InChI is InChI=1S/C40H44O9/c1-6-30-24-37(49-40(42)33-12-11-32-25-36(14-13-31(32)23-33)48-39(41)28(2)3)19-20-38(30)47-27-46-35-17-15-34(16-18-35)44-22-10-8-7-9-21-43-26-45-29(4)5/h11-20,23-25H,2,4,6-10,21-22,26-27H2,1,3,5H3. The number of hydrogen-bond acceptors (Lipinski definition) is 9. The molecule has 0 radical (unpaired) electrons. The molecule has 258 valence electrons. The van der Waals surface area contributed by atoms with Gasteiger partial charge in [0.2, 0.25) is 6.79 Å². The van der Waals surface area contributed by atoms with Crippen molar-refractivity contribution in [1.29, 1.82) is 0 Å². The summed E-state index contributed by atoms with van der Waals surface area (Å²) in [6, 6.07) is 23.1. The molecule has 0 N–H and O–H groups in total. The van der Waals surface area contributed by atoms with Crippen molar-refractivity contribution in [3.05, 3.63) is 114 Å². The first-order valence-corrected chi connectivity index (χ1v) is 16.3. The van der Waals surface area contributed by atoms with Gasteiger partial charge in [-0.3, -0.25) is 0 Å². The minimum atomic E-state index is -0.492. The second kappa shape index (κ2) is 18.9. The van der Waals surface area contributed by atoms with Gasteiger partial charge in [-0.2, -0.15) is 0 Å². The fraction of sp³-hybridized carbons (Fsp3) is 0.300. The van der Waals surface area contributed by atoms with Gasteiger partial charge in [0.15, 0.2) is 6.79 Å². The number of carbonyl (C=O) groups excluding carboxylic acids is 2. The van der Waals surface area contributed by atoms with Crippen LogP contribution in [0.25, 0.3) is 10.8 Å². The van der Waals surface area contributed by atoms with Crippen LogP contribution in [0.3, 0.4) is 0 Å². The Morgan fingerprint density at radius 3 is 1.98 bits per heavy atom. The number of ether oxygens (including phenoxy) is 7. The van der Waals surface area contributed by atoms with Crippen molar-refractivity contribution in [1.82, 2.24) is 0 Å². The highest BCUT2D eigenvalue weighted by atomic mass is 16.7. The third kappa shape index (κ3) is 12.0. The Bertz CT molecular complexity index is 1730. The Morgan fingerprint density at radius 2 is 1.27 bits per heavy atom. The van der Waals surface area contributed by atoms with E-state index in [1.165, 1.54) is 0 Å². The summed E-state index contributed by atoms with van der Waals surface area (Å²) in [6.45, 7) is 14.2. The van der Waals surface area contributed by atoms with E-state index in [-0.39, 0.29) is 13.6 Å². The molecule has 4 rings (SSSR count). The first kappa shape index (κ1) is 36.6. The van der Waals surface area contributed by atoms with E-state index < -0.39 is 11.9 Å². The summed E-state index contributed by atoms with van der Waals surface area (Å²) in [5, 5.41) is 1.62. The molecule has 0 aliphatic heterocycles. The maximum atomic E-state index is 13.0. The van der Waals surface area contributed by atoms with Crippen LogP contribution in [-0.4, -0.2) is 38.7 Å². The van der Waals surface area contributed by atoms with Crippen molar-refractivity contribution in [3.8, 4) is 28.7 Å². The van der Waals surface area contributed by atoms with E-state index in [0.717, 1.165) is 47.8 Å². The molecule has 0 unspecified atom stereocenters. The molecule has 9 nitrogen and oxygen atoms in total. The lowest BCUT2D eigenvalue weighted by Crippen LogP contribution is -2.10. The maximum Gasteiger partial charge on any atom is 0.343 e. The van der Waals surface area contributed by atoms with E-state index in [9.17, 15) is 9.59 Å². The van der Waals surface area contributed by atoms with Crippen LogP contribution in [0, 0.1) is 0 Å². The van der Waals surface area contributed by atoms with Crippen molar-refractivity contribution in [2.45, 2.75) is 52.9 Å². The van der Waals surface area contributed by atoms with Crippen LogP contribution >= 0.6 is 0 Å². The molecule has 4 aromatic rings. The van der Waals surface area contributed by atoms with Gasteiger partial charge < -0.3 is 33.2 Å². The van der Waals surface area contributed by atoms with E-state index in [1.54, 1.807) is 68.4 Å². The van der Waals surface area contributed by atoms with E-state index in [0.29, 0.717) is 59.5 Å². The largest absolute Gasteiger partial charge is 0.494 e. The van der Waals surface area contributed by atoms with Gasteiger partial charge in [-0.25, -0.2) is 9.59 Å². The third-order valence-corrected chi connectivity index (χ3v) is 7.33. The van der Waals surface area contributed by atoms with Crippen LogP contribution < -0.4 is 23.7 Å².